The zero-order valence-corrected chi connectivity index (χ0v) is 13.0. The van der Waals surface area contributed by atoms with Crippen LogP contribution in [0.4, 0.5) is 0 Å². The fraction of sp³-hybridized carbons (Fsp3) is 0.235. The third kappa shape index (κ3) is 2.34. The van der Waals surface area contributed by atoms with Crippen molar-refractivity contribution in [2.75, 3.05) is 0 Å². The number of carbonyl (C=O) groups is 1. The van der Waals surface area contributed by atoms with Crippen LogP contribution < -0.4 is 0 Å². The lowest BCUT2D eigenvalue weighted by molar-refractivity contribution is 0.0687. The molecule has 2 N–H and O–H groups in total. The van der Waals surface area contributed by atoms with Crippen molar-refractivity contribution in [3.63, 3.8) is 0 Å². The summed E-state index contributed by atoms with van der Waals surface area (Å²) in [6.07, 6.45) is 3.65. The van der Waals surface area contributed by atoms with Gasteiger partial charge in [0.2, 0.25) is 5.69 Å². The van der Waals surface area contributed by atoms with E-state index in [2.05, 4.69) is 16.3 Å². The molecule has 7 nitrogen and oxygen atoms in total. The van der Waals surface area contributed by atoms with Crippen molar-refractivity contribution in [1.82, 2.24) is 19.6 Å². The summed E-state index contributed by atoms with van der Waals surface area (Å²) < 4.78 is 3.21. The van der Waals surface area contributed by atoms with Crippen LogP contribution in [-0.4, -0.2) is 35.7 Å². The summed E-state index contributed by atoms with van der Waals surface area (Å²) in [7, 11) is 1.89. The molecular weight excluding hydrogens is 308 g/mol. The second-order valence-electron chi connectivity index (χ2n) is 5.98. The summed E-state index contributed by atoms with van der Waals surface area (Å²) >= 11 is 0. The predicted octanol–water partition coefficient (Wildman–Crippen LogP) is 2.55. The van der Waals surface area contributed by atoms with E-state index in [1.165, 1.54) is 23.7 Å². The van der Waals surface area contributed by atoms with Crippen LogP contribution in [0.2, 0.25) is 0 Å². The number of aromatic hydroxyl groups is 1. The van der Waals surface area contributed by atoms with Crippen LogP contribution in [0.25, 0.3) is 16.9 Å². The highest BCUT2D eigenvalue weighted by atomic mass is 16.4. The second kappa shape index (κ2) is 5.23. The highest BCUT2D eigenvalue weighted by Gasteiger charge is 2.27. The molecule has 1 fully saturated rings. The monoisotopic (exact) mass is 324 g/mol. The zero-order chi connectivity index (χ0) is 16.8. The van der Waals surface area contributed by atoms with Crippen LogP contribution in [0.3, 0.4) is 0 Å². The number of carboxylic acid groups (broad SMARTS) is 1. The summed E-state index contributed by atoms with van der Waals surface area (Å²) in [5, 5.41) is 27.4. The minimum atomic E-state index is -1.26. The van der Waals surface area contributed by atoms with Crippen molar-refractivity contribution in [2.24, 2.45) is 7.05 Å². The summed E-state index contributed by atoms with van der Waals surface area (Å²) in [4.78, 5) is 11.1. The molecule has 7 heteroatoms. The van der Waals surface area contributed by atoms with Gasteiger partial charge >= 0.3 is 5.97 Å². The first-order valence-corrected chi connectivity index (χ1v) is 7.70. The van der Waals surface area contributed by atoms with Gasteiger partial charge in [0.1, 0.15) is 0 Å². The van der Waals surface area contributed by atoms with E-state index in [0.717, 1.165) is 17.0 Å². The average Bonchev–Trinajstić information content (AvgIpc) is 3.23. The maximum absolute atomic E-state index is 11.1. The van der Waals surface area contributed by atoms with E-state index in [9.17, 15) is 9.90 Å². The smallest absolute Gasteiger partial charge is 0.360 e. The summed E-state index contributed by atoms with van der Waals surface area (Å²) in [6, 6.07) is 9.58. The number of hydrogen-bond donors (Lipinski definition) is 2. The molecule has 24 heavy (non-hydrogen) atoms. The van der Waals surface area contributed by atoms with E-state index in [0.29, 0.717) is 11.6 Å². The Labute approximate surface area is 137 Å². The molecule has 1 aliphatic carbocycles. The van der Waals surface area contributed by atoms with Gasteiger partial charge < -0.3 is 10.2 Å². The van der Waals surface area contributed by atoms with Crippen molar-refractivity contribution >= 4 is 5.97 Å². The Morgan fingerprint density at radius 3 is 2.67 bits per heavy atom. The lowest BCUT2D eigenvalue weighted by Gasteiger charge is -2.09. The highest BCUT2D eigenvalue weighted by molar-refractivity contribution is 5.88. The molecule has 0 atom stereocenters. The molecule has 0 bridgehead atoms. The molecule has 1 saturated carbocycles. The normalized spacial score (nSPS) is 14.0. The average molecular weight is 324 g/mol. The largest absolute Gasteiger partial charge is 0.504 e. The number of carboxylic acids is 1. The Morgan fingerprint density at radius 1 is 1.25 bits per heavy atom. The number of rotatable bonds is 4. The van der Waals surface area contributed by atoms with Gasteiger partial charge in [-0.05, 0) is 25.0 Å². The number of nitrogens with zero attached hydrogens (tertiary/aromatic N) is 4. The lowest BCUT2D eigenvalue weighted by Crippen LogP contribution is -2.03. The predicted molar refractivity (Wildman–Crippen MR) is 86.4 cm³/mol. The van der Waals surface area contributed by atoms with Crippen LogP contribution >= 0.6 is 0 Å². The molecule has 4 rings (SSSR count). The van der Waals surface area contributed by atoms with Crippen molar-refractivity contribution < 1.29 is 15.0 Å². The van der Waals surface area contributed by atoms with Crippen molar-refractivity contribution in [3.8, 4) is 22.7 Å². The third-order valence-corrected chi connectivity index (χ3v) is 4.22. The molecule has 122 valence electrons. The summed E-state index contributed by atoms with van der Waals surface area (Å²) in [6.45, 7) is 0. The molecule has 0 radical (unpaired) electrons. The summed E-state index contributed by atoms with van der Waals surface area (Å²) in [5.41, 5.74) is 3.20. The molecule has 0 amide bonds. The van der Waals surface area contributed by atoms with Crippen molar-refractivity contribution in [2.45, 2.75) is 18.8 Å². The number of para-hydroxylation sites is 1. The maximum atomic E-state index is 11.1. The van der Waals surface area contributed by atoms with E-state index in [-0.39, 0.29) is 11.4 Å². The van der Waals surface area contributed by atoms with Gasteiger partial charge in [0.25, 0.3) is 0 Å². The van der Waals surface area contributed by atoms with E-state index < -0.39 is 5.97 Å². The van der Waals surface area contributed by atoms with Gasteiger partial charge in [-0.2, -0.15) is 10.2 Å². The number of hydrogen-bond acceptors (Lipinski definition) is 4. The zero-order valence-electron chi connectivity index (χ0n) is 13.0. The van der Waals surface area contributed by atoms with Gasteiger partial charge in [-0.1, -0.05) is 18.2 Å². The topological polar surface area (TPSA) is 93.2 Å². The standard InChI is InChI=1S/C17H16N4O3/c1-20-14(8-12(18-20)10-6-7-10)11-4-2-3-5-13(11)21-9-15(22)16(19-21)17(23)24/h2-5,8-10,22H,6-7H2,1H3,(H,23,24). The molecule has 2 aromatic heterocycles. The lowest BCUT2D eigenvalue weighted by atomic mass is 10.1. The SMILES string of the molecule is Cn1nc(C2CC2)cc1-c1ccccc1-n1cc(O)c(C(=O)O)n1. The minimum absolute atomic E-state index is 0.360. The quantitative estimate of drug-likeness (QED) is 0.769. The fourth-order valence-corrected chi connectivity index (χ4v) is 2.85. The van der Waals surface area contributed by atoms with Crippen molar-refractivity contribution in [1.29, 1.82) is 0 Å². The number of aromatic nitrogens is 4. The molecule has 3 aromatic rings. The molecule has 0 spiro atoms. The third-order valence-electron chi connectivity index (χ3n) is 4.22. The van der Waals surface area contributed by atoms with Crippen LogP contribution in [-0.2, 0) is 7.05 Å². The van der Waals surface area contributed by atoms with E-state index in [1.807, 2.05) is 36.0 Å². The fourth-order valence-electron chi connectivity index (χ4n) is 2.85. The van der Waals surface area contributed by atoms with Crippen LogP contribution in [0, 0.1) is 0 Å². The molecule has 2 heterocycles. The molecule has 0 unspecified atom stereocenters. The van der Waals surface area contributed by atoms with Gasteiger partial charge in [0.15, 0.2) is 5.75 Å². The molecule has 1 aliphatic rings. The number of aryl methyl sites for hydroxylation is 1. The number of aromatic carboxylic acids is 1. The Morgan fingerprint density at radius 2 is 2.00 bits per heavy atom. The van der Waals surface area contributed by atoms with Gasteiger partial charge in [-0.15, -0.1) is 0 Å². The van der Waals surface area contributed by atoms with Crippen LogP contribution in [0.5, 0.6) is 5.75 Å². The second-order valence-corrected chi connectivity index (χ2v) is 5.98. The maximum Gasteiger partial charge on any atom is 0.360 e. The first-order valence-electron chi connectivity index (χ1n) is 7.70. The molecular formula is C17H16N4O3. The van der Waals surface area contributed by atoms with Crippen LogP contribution in [0.1, 0.15) is 34.9 Å². The van der Waals surface area contributed by atoms with Crippen molar-refractivity contribution in [3.05, 3.63) is 47.9 Å². The Kier molecular flexibility index (Phi) is 3.16. The first-order chi connectivity index (χ1) is 11.5. The van der Waals surface area contributed by atoms with Gasteiger partial charge in [-0.3, -0.25) is 4.68 Å². The van der Waals surface area contributed by atoms with Crippen LogP contribution in [0.15, 0.2) is 36.5 Å². The Bertz CT molecular complexity index is 937. The van der Waals surface area contributed by atoms with Gasteiger partial charge in [0.05, 0.1) is 23.3 Å². The first kappa shape index (κ1) is 14.5. The van der Waals surface area contributed by atoms with E-state index >= 15 is 0 Å². The number of benzene rings is 1. The molecule has 1 aromatic carbocycles. The van der Waals surface area contributed by atoms with Gasteiger partial charge in [0, 0.05) is 18.5 Å². The highest BCUT2D eigenvalue weighted by Crippen LogP contribution is 2.41. The van der Waals surface area contributed by atoms with E-state index in [4.69, 9.17) is 5.11 Å². The van der Waals surface area contributed by atoms with E-state index in [1.54, 1.807) is 0 Å². The summed E-state index contributed by atoms with van der Waals surface area (Å²) in [5.74, 6) is -1.08. The Hall–Kier alpha value is -3.09. The molecule has 0 saturated heterocycles. The molecule has 0 aliphatic heterocycles. The minimum Gasteiger partial charge on any atom is -0.504 e. The van der Waals surface area contributed by atoms with Gasteiger partial charge in [-0.25, -0.2) is 9.48 Å². The Balaban J connectivity index is 1.84.